The van der Waals surface area contributed by atoms with Crippen LogP contribution in [-0.4, -0.2) is 30.9 Å². The normalized spacial score (nSPS) is 20.1. The van der Waals surface area contributed by atoms with E-state index >= 15 is 0 Å². The zero-order chi connectivity index (χ0) is 10.2. The summed E-state index contributed by atoms with van der Waals surface area (Å²) in [6.07, 6.45) is 9.64. The second-order valence-corrected chi connectivity index (χ2v) is 5.02. The van der Waals surface area contributed by atoms with Gasteiger partial charge in [-0.15, -0.1) is 11.6 Å². The molecular formula is C12H24ClN. The molecular weight excluding hydrogens is 194 g/mol. The maximum Gasteiger partial charge on any atom is 0.0223 e. The molecule has 1 aliphatic heterocycles. The molecule has 0 radical (unpaired) electrons. The van der Waals surface area contributed by atoms with E-state index in [2.05, 4.69) is 11.9 Å². The minimum atomic E-state index is 0.841. The molecule has 1 fully saturated rings. The number of rotatable bonds is 6. The fraction of sp³-hybridized carbons (Fsp3) is 1.00. The van der Waals surface area contributed by atoms with Crippen LogP contribution in [0.4, 0.5) is 0 Å². The van der Waals surface area contributed by atoms with Crippen LogP contribution in [-0.2, 0) is 0 Å². The number of nitrogens with zero attached hydrogens (tertiary/aromatic N) is 1. The number of hydrogen-bond donors (Lipinski definition) is 0. The van der Waals surface area contributed by atoms with Crippen molar-refractivity contribution in [3.63, 3.8) is 0 Å². The van der Waals surface area contributed by atoms with Gasteiger partial charge in [-0.05, 0) is 45.3 Å². The van der Waals surface area contributed by atoms with Crippen molar-refractivity contribution in [1.29, 1.82) is 0 Å². The number of piperidine rings is 1. The van der Waals surface area contributed by atoms with E-state index in [1.165, 1.54) is 58.0 Å². The summed E-state index contributed by atoms with van der Waals surface area (Å²) in [5.74, 6) is 1.86. The van der Waals surface area contributed by atoms with E-state index in [1.54, 1.807) is 0 Å². The molecule has 0 bridgehead atoms. The fourth-order valence-electron chi connectivity index (χ4n) is 2.23. The number of halogens is 1. The van der Waals surface area contributed by atoms with Crippen molar-refractivity contribution in [2.45, 2.75) is 44.9 Å². The first-order chi connectivity index (χ1) is 6.83. The molecule has 1 nitrogen and oxygen atoms in total. The molecule has 84 valence electrons. The fourth-order valence-corrected chi connectivity index (χ4v) is 2.42. The van der Waals surface area contributed by atoms with Crippen molar-refractivity contribution in [2.24, 2.45) is 5.92 Å². The van der Waals surface area contributed by atoms with Crippen LogP contribution < -0.4 is 0 Å². The third kappa shape index (κ3) is 5.21. The Morgan fingerprint density at radius 1 is 1.07 bits per heavy atom. The molecule has 0 spiro atoms. The molecule has 1 aliphatic rings. The summed E-state index contributed by atoms with van der Waals surface area (Å²) in [7, 11) is 2.23. The van der Waals surface area contributed by atoms with Crippen LogP contribution >= 0.6 is 11.6 Å². The summed E-state index contributed by atoms with van der Waals surface area (Å²) in [5, 5.41) is 0. The minimum absolute atomic E-state index is 0.841. The summed E-state index contributed by atoms with van der Waals surface area (Å²) in [6, 6.07) is 0. The Morgan fingerprint density at radius 3 is 2.36 bits per heavy atom. The first kappa shape index (κ1) is 12.3. The van der Waals surface area contributed by atoms with E-state index in [9.17, 15) is 0 Å². The summed E-state index contributed by atoms with van der Waals surface area (Å²) in [4.78, 5) is 2.45. The lowest BCUT2D eigenvalue weighted by molar-refractivity contribution is 0.209. The highest BCUT2D eigenvalue weighted by Crippen LogP contribution is 2.22. The second-order valence-electron chi connectivity index (χ2n) is 4.64. The van der Waals surface area contributed by atoms with Crippen molar-refractivity contribution < 1.29 is 0 Å². The van der Waals surface area contributed by atoms with Gasteiger partial charge in [0.1, 0.15) is 0 Å². The Morgan fingerprint density at radius 2 is 1.71 bits per heavy atom. The SMILES string of the molecule is CN1CCC(CCCCCCCl)CC1. The van der Waals surface area contributed by atoms with E-state index < -0.39 is 0 Å². The quantitative estimate of drug-likeness (QED) is 0.486. The summed E-state index contributed by atoms with van der Waals surface area (Å²) in [6.45, 7) is 2.62. The Labute approximate surface area is 93.8 Å². The topological polar surface area (TPSA) is 3.24 Å². The van der Waals surface area contributed by atoms with Crippen molar-refractivity contribution in [1.82, 2.24) is 4.90 Å². The van der Waals surface area contributed by atoms with Crippen molar-refractivity contribution in [3.8, 4) is 0 Å². The first-order valence-corrected chi connectivity index (χ1v) is 6.61. The van der Waals surface area contributed by atoms with E-state index in [0.717, 1.165) is 11.8 Å². The lowest BCUT2D eigenvalue weighted by Crippen LogP contribution is -2.30. The van der Waals surface area contributed by atoms with Gasteiger partial charge >= 0.3 is 0 Å². The molecule has 2 heteroatoms. The van der Waals surface area contributed by atoms with Crippen LogP contribution in [0.3, 0.4) is 0 Å². The standard InChI is InChI=1S/C12H24ClN/c1-14-10-7-12(8-11-14)6-4-2-3-5-9-13/h12H,2-11H2,1H3. The molecule has 0 saturated carbocycles. The number of unbranched alkanes of at least 4 members (excludes halogenated alkanes) is 3. The van der Waals surface area contributed by atoms with E-state index in [0.29, 0.717) is 0 Å². The molecule has 0 atom stereocenters. The average molecular weight is 218 g/mol. The van der Waals surface area contributed by atoms with Gasteiger partial charge in [0.05, 0.1) is 0 Å². The maximum atomic E-state index is 5.64. The number of hydrogen-bond acceptors (Lipinski definition) is 1. The second kappa shape index (κ2) is 7.53. The van der Waals surface area contributed by atoms with Gasteiger partial charge in [-0.25, -0.2) is 0 Å². The smallest absolute Gasteiger partial charge is 0.0223 e. The molecule has 0 aromatic carbocycles. The maximum absolute atomic E-state index is 5.64. The Kier molecular flexibility index (Phi) is 6.63. The molecule has 0 aliphatic carbocycles. The molecule has 1 saturated heterocycles. The molecule has 14 heavy (non-hydrogen) atoms. The zero-order valence-electron chi connectivity index (χ0n) is 9.47. The van der Waals surface area contributed by atoms with Crippen LogP contribution in [0.1, 0.15) is 44.9 Å². The van der Waals surface area contributed by atoms with Gasteiger partial charge in [0.2, 0.25) is 0 Å². The van der Waals surface area contributed by atoms with Crippen LogP contribution in [0.25, 0.3) is 0 Å². The summed E-state index contributed by atoms with van der Waals surface area (Å²) < 4.78 is 0. The molecule has 0 unspecified atom stereocenters. The highest BCUT2D eigenvalue weighted by Gasteiger charge is 2.15. The first-order valence-electron chi connectivity index (χ1n) is 6.07. The monoisotopic (exact) mass is 217 g/mol. The molecule has 0 amide bonds. The van der Waals surface area contributed by atoms with Gasteiger partial charge in [-0.1, -0.05) is 25.7 Å². The van der Waals surface area contributed by atoms with Crippen LogP contribution in [0, 0.1) is 5.92 Å². The van der Waals surface area contributed by atoms with E-state index in [1.807, 2.05) is 0 Å². The van der Waals surface area contributed by atoms with Crippen LogP contribution in [0.5, 0.6) is 0 Å². The van der Waals surface area contributed by atoms with E-state index in [-0.39, 0.29) is 0 Å². The third-order valence-electron chi connectivity index (χ3n) is 3.33. The van der Waals surface area contributed by atoms with E-state index in [4.69, 9.17) is 11.6 Å². The largest absolute Gasteiger partial charge is 0.306 e. The average Bonchev–Trinajstić information content (AvgIpc) is 2.21. The summed E-state index contributed by atoms with van der Waals surface area (Å²) >= 11 is 5.64. The van der Waals surface area contributed by atoms with Gasteiger partial charge in [-0.3, -0.25) is 0 Å². The summed E-state index contributed by atoms with van der Waals surface area (Å²) in [5.41, 5.74) is 0. The Hall–Kier alpha value is 0.250. The molecule has 1 heterocycles. The number of alkyl halides is 1. The lowest BCUT2D eigenvalue weighted by Gasteiger charge is -2.28. The lowest BCUT2D eigenvalue weighted by atomic mass is 9.91. The van der Waals surface area contributed by atoms with Gasteiger partial charge in [0.25, 0.3) is 0 Å². The van der Waals surface area contributed by atoms with Gasteiger partial charge in [-0.2, -0.15) is 0 Å². The minimum Gasteiger partial charge on any atom is -0.306 e. The highest BCUT2D eigenvalue weighted by molar-refractivity contribution is 6.17. The van der Waals surface area contributed by atoms with Crippen molar-refractivity contribution in [3.05, 3.63) is 0 Å². The van der Waals surface area contributed by atoms with Crippen molar-refractivity contribution in [2.75, 3.05) is 26.0 Å². The third-order valence-corrected chi connectivity index (χ3v) is 3.60. The predicted molar refractivity (Wildman–Crippen MR) is 64.0 cm³/mol. The van der Waals surface area contributed by atoms with Gasteiger partial charge in [0.15, 0.2) is 0 Å². The molecule has 0 aromatic rings. The Bertz CT molecular complexity index is 130. The predicted octanol–water partition coefficient (Wildman–Crippen LogP) is 3.52. The van der Waals surface area contributed by atoms with Gasteiger partial charge < -0.3 is 4.90 Å². The Balaban J connectivity index is 1.91. The van der Waals surface area contributed by atoms with Crippen molar-refractivity contribution >= 4 is 11.6 Å². The molecule has 0 N–H and O–H groups in total. The molecule has 0 aromatic heterocycles. The van der Waals surface area contributed by atoms with Crippen LogP contribution in [0.2, 0.25) is 0 Å². The highest BCUT2D eigenvalue weighted by atomic mass is 35.5. The molecule has 1 rings (SSSR count). The van der Waals surface area contributed by atoms with Gasteiger partial charge in [0, 0.05) is 5.88 Å². The zero-order valence-corrected chi connectivity index (χ0v) is 10.2. The number of likely N-dealkylation sites (tertiary alicyclic amines) is 1. The van der Waals surface area contributed by atoms with Crippen LogP contribution in [0.15, 0.2) is 0 Å².